The Morgan fingerprint density at radius 1 is 1.35 bits per heavy atom. The Hall–Kier alpha value is -1.95. The molecule has 0 aliphatic carbocycles. The number of carbonyl (C=O) groups excluding carboxylic acids is 1. The monoisotopic (exact) mass is 340 g/mol. The van der Waals surface area contributed by atoms with E-state index in [4.69, 9.17) is 16.3 Å². The van der Waals surface area contributed by atoms with Crippen LogP contribution in [0.4, 0.5) is 0 Å². The second kappa shape index (κ2) is 9.94. The first kappa shape index (κ1) is 19.1. The number of guanidine groups is 1. The molecule has 0 unspecified atom stereocenters. The molecule has 0 aliphatic heterocycles. The van der Waals surface area contributed by atoms with Gasteiger partial charge in [-0.2, -0.15) is 0 Å². The third kappa shape index (κ3) is 6.78. The first-order valence-corrected chi connectivity index (χ1v) is 7.90. The molecule has 0 aliphatic rings. The van der Waals surface area contributed by atoms with Crippen LogP contribution in [-0.4, -0.2) is 57.6 Å². The SMILES string of the molecule is CCNC(=NCC(=O)N(C)C)NCCc1ccc(OC)cc1Cl. The molecule has 0 saturated heterocycles. The van der Waals surface area contributed by atoms with E-state index in [-0.39, 0.29) is 12.5 Å². The number of benzene rings is 1. The summed E-state index contributed by atoms with van der Waals surface area (Å²) in [7, 11) is 5.04. The maximum atomic E-state index is 11.6. The molecule has 1 aromatic rings. The van der Waals surface area contributed by atoms with Crippen LogP contribution in [0.2, 0.25) is 5.02 Å². The lowest BCUT2D eigenvalue weighted by molar-refractivity contribution is -0.127. The minimum atomic E-state index is -0.0413. The van der Waals surface area contributed by atoms with E-state index < -0.39 is 0 Å². The molecular formula is C16H25ClN4O2. The number of amides is 1. The van der Waals surface area contributed by atoms with E-state index >= 15 is 0 Å². The summed E-state index contributed by atoms with van der Waals surface area (Å²) in [4.78, 5) is 17.4. The zero-order chi connectivity index (χ0) is 17.2. The highest BCUT2D eigenvalue weighted by molar-refractivity contribution is 6.31. The van der Waals surface area contributed by atoms with Gasteiger partial charge in [-0.1, -0.05) is 17.7 Å². The van der Waals surface area contributed by atoms with Crippen LogP contribution in [0.1, 0.15) is 12.5 Å². The summed E-state index contributed by atoms with van der Waals surface area (Å²) < 4.78 is 5.13. The summed E-state index contributed by atoms with van der Waals surface area (Å²) in [5, 5.41) is 6.99. The van der Waals surface area contributed by atoms with Crippen LogP contribution in [0.3, 0.4) is 0 Å². The number of methoxy groups -OCH3 is 1. The molecule has 1 amide bonds. The van der Waals surface area contributed by atoms with Gasteiger partial charge in [0, 0.05) is 32.2 Å². The number of aliphatic imine (C=N–C) groups is 1. The predicted molar refractivity (Wildman–Crippen MR) is 94.4 cm³/mol. The van der Waals surface area contributed by atoms with E-state index in [1.54, 1.807) is 27.3 Å². The third-order valence-corrected chi connectivity index (χ3v) is 3.51. The third-order valence-electron chi connectivity index (χ3n) is 3.16. The molecule has 23 heavy (non-hydrogen) atoms. The maximum absolute atomic E-state index is 11.6. The van der Waals surface area contributed by atoms with Crippen LogP contribution in [0, 0.1) is 0 Å². The average Bonchev–Trinajstić information content (AvgIpc) is 2.53. The number of nitrogens with one attached hydrogen (secondary N) is 2. The zero-order valence-electron chi connectivity index (χ0n) is 14.1. The van der Waals surface area contributed by atoms with Crippen LogP contribution in [0.25, 0.3) is 0 Å². The lowest BCUT2D eigenvalue weighted by Crippen LogP contribution is -2.39. The first-order chi connectivity index (χ1) is 11.0. The maximum Gasteiger partial charge on any atom is 0.243 e. The van der Waals surface area contributed by atoms with Crippen molar-refractivity contribution in [3.05, 3.63) is 28.8 Å². The number of nitrogens with zero attached hydrogens (tertiary/aromatic N) is 2. The van der Waals surface area contributed by atoms with Crippen LogP contribution in [-0.2, 0) is 11.2 Å². The highest BCUT2D eigenvalue weighted by Crippen LogP contribution is 2.22. The van der Waals surface area contributed by atoms with Gasteiger partial charge in [0.1, 0.15) is 12.3 Å². The van der Waals surface area contributed by atoms with E-state index in [1.165, 1.54) is 4.90 Å². The molecule has 0 atom stereocenters. The van der Waals surface area contributed by atoms with Crippen molar-refractivity contribution >= 4 is 23.5 Å². The van der Waals surface area contributed by atoms with Crippen molar-refractivity contribution in [2.75, 3.05) is 40.8 Å². The number of hydrogen-bond donors (Lipinski definition) is 2. The Morgan fingerprint density at radius 2 is 2.09 bits per heavy atom. The number of hydrogen-bond acceptors (Lipinski definition) is 3. The molecule has 0 fully saturated rings. The molecule has 0 saturated carbocycles. The molecule has 0 aromatic heterocycles. The first-order valence-electron chi connectivity index (χ1n) is 7.52. The molecule has 0 spiro atoms. The summed E-state index contributed by atoms with van der Waals surface area (Å²) in [5.74, 6) is 1.32. The van der Waals surface area contributed by atoms with Gasteiger partial charge in [-0.05, 0) is 31.0 Å². The van der Waals surface area contributed by atoms with Gasteiger partial charge in [-0.3, -0.25) is 4.79 Å². The van der Waals surface area contributed by atoms with Crippen LogP contribution in [0.5, 0.6) is 5.75 Å². The van der Waals surface area contributed by atoms with Gasteiger partial charge >= 0.3 is 0 Å². The van der Waals surface area contributed by atoms with Gasteiger partial charge in [-0.15, -0.1) is 0 Å². The largest absolute Gasteiger partial charge is 0.497 e. The molecule has 0 radical (unpaired) electrons. The normalized spacial score (nSPS) is 11.1. The molecule has 2 N–H and O–H groups in total. The number of halogens is 1. The Labute approximate surface area is 142 Å². The van der Waals surface area contributed by atoms with Crippen molar-refractivity contribution in [2.45, 2.75) is 13.3 Å². The smallest absolute Gasteiger partial charge is 0.243 e. The van der Waals surface area contributed by atoms with Crippen molar-refractivity contribution in [3.8, 4) is 5.75 Å². The molecular weight excluding hydrogens is 316 g/mol. The second-order valence-electron chi connectivity index (χ2n) is 5.12. The summed E-state index contributed by atoms with van der Waals surface area (Å²) in [5.41, 5.74) is 1.03. The molecule has 6 nitrogen and oxygen atoms in total. The Balaban J connectivity index is 2.55. The predicted octanol–water partition coefficient (Wildman–Crippen LogP) is 1.53. The number of carbonyl (C=O) groups is 1. The van der Waals surface area contributed by atoms with Crippen molar-refractivity contribution in [2.24, 2.45) is 4.99 Å². The minimum Gasteiger partial charge on any atom is -0.497 e. The van der Waals surface area contributed by atoms with Gasteiger partial charge in [0.2, 0.25) is 5.91 Å². The summed E-state index contributed by atoms with van der Waals surface area (Å²) in [6.07, 6.45) is 0.745. The Kier molecular flexibility index (Phi) is 8.26. The van der Waals surface area contributed by atoms with Gasteiger partial charge in [0.15, 0.2) is 5.96 Å². The molecule has 0 bridgehead atoms. The zero-order valence-corrected chi connectivity index (χ0v) is 14.9. The number of rotatable bonds is 7. The van der Waals surface area contributed by atoms with E-state index in [9.17, 15) is 4.79 Å². The summed E-state index contributed by atoms with van der Waals surface area (Å²) in [6.45, 7) is 3.48. The highest BCUT2D eigenvalue weighted by Gasteiger charge is 2.05. The second-order valence-corrected chi connectivity index (χ2v) is 5.52. The van der Waals surface area contributed by atoms with Crippen LogP contribution < -0.4 is 15.4 Å². The van der Waals surface area contributed by atoms with Crippen molar-refractivity contribution in [1.29, 1.82) is 0 Å². The van der Waals surface area contributed by atoms with Crippen LogP contribution >= 0.6 is 11.6 Å². The minimum absolute atomic E-state index is 0.0413. The quantitative estimate of drug-likeness (QED) is 0.583. The number of likely N-dealkylation sites (N-methyl/N-ethyl adjacent to an activating group) is 1. The Morgan fingerprint density at radius 3 is 2.65 bits per heavy atom. The topological polar surface area (TPSA) is 66.0 Å². The standard InChI is InChI=1S/C16H25ClN4O2/c1-5-18-16(20-11-15(22)21(2)3)19-9-8-12-6-7-13(23-4)10-14(12)17/h6-7,10H,5,8-9,11H2,1-4H3,(H2,18,19,20). The highest BCUT2D eigenvalue weighted by atomic mass is 35.5. The van der Waals surface area contributed by atoms with E-state index in [2.05, 4.69) is 15.6 Å². The van der Waals surface area contributed by atoms with Gasteiger partial charge in [-0.25, -0.2) is 4.99 Å². The van der Waals surface area contributed by atoms with E-state index in [0.717, 1.165) is 24.3 Å². The lowest BCUT2D eigenvalue weighted by Gasteiger charge is -2.13. The van der Waals surface area contributed by atoms with Crippen molar-refractivity contribution < 1.29 is 9.53 Å². The molecule has 128 valence electrons. The summed E-state index contributed by atoms with van der Waals surface area (Å²) >= 11 is 6.22. The van der Waals surface area contributed by atoms with Crippen molar-refractivity contribution in [1.82, 2.24) is 15.5 Å². The van der Waals surface area contributed by atoms with Gasteiger partial charge < -0.3 is 20.3 Å². The van der Waals surface area contributed by atoms with Gasteiger partial charge in [0.25, 0.3) is 0 Å². The van der Waals surface area contributed by atoms with E-state index in [1.807, 2.05) is 19.1 Å². The Bertz CT molecular complexity index is 547. The summed E-state index contributed by atoms with van der Waals surface area (Å²) in [6, 6.07) is 5.63. The molecule has 1 aromatic carbocycles. The molecule has 7 heteroatoms. The number of ether oxygens (including phenoxy) is 1. The van der Waals surface area contributed by atoms with E-state index in [0.29, 0.717) is 17.5 Å². The average molecular weight is 341 g/mol. The fourth-order valence-electron chi connectivity index (χ4n) is 1.80. The van der Waals surface area contributed by atoms with Crippen LogP contribution in [0.15, 0.2) is 23.2 Å². The van der Waals surface area contributed by atoms with Crippen molar-refractivity contribution in [3.63, 3.8) is 0 Å². The fourth-order valence-corrected chi connectivity index (χ4v) is 2.07. The molecule has 1 rings (SSSR count). The lowest BCUT2D eigenvalue weighted by atomic mass is 10.1. The molecule has 0 heterocycles. The fraction of sp³-hybridized carbons (Fsp3) is 0.500. The van der Waals surface area contributed by atoms with Gasteiger partial charge in [0.05, 0.1) is 7.11 Å².